The van der Waals surface area contributed by atoms with Crippen molar-refractivity contribution in [1.29, 1.82) is 0 Å². The summed E-state index contributed by atoms with van der Waals surface area (Å²) in [5, 5.41) is 18.8. The number of sulfonamides is 1. The highest BCUT2D eigenvalue weighted by molar-refractivity contribution is 7.89. The molecular weight excluding hydrogens is 270 g/mol. The fourth-order valence-electron chi connectivity index (χ4n) is 2.16. The molecule has 0 saturated carbocycles. The highest BCUT2D eigenvalue weighted by Crippen LogP contribution is 2.30. The second-order valence-electron chi connectivity index (χ2n) is 4.56. The van der Waals surface area contributed by atoms with E-state index in [2.05, 4.69) is 0 Å². The van der Waals surface area contributed by atoms with Crippen LogP contribution in [-0.2, 0) is 14.8 Å². The number of rotatable bonds is 3. The van der Waals surface area contributed by atoms with Gasteiger partial charge in [-0.25, -0.2) is 8.42 Å². The van der Waals surface area contributed by atoms with Crippen LogP contribution in [0.4, 0.5) is 0 Å². The number of nitrogens with zero attached hydrogens (tertiary/aromatic N) is 1. The molecule has 0 radical (unpaired) electrons. The van der Waals surface area contributed by atoms with Crippen molar-refractivity contribution in [1.82, 2.24) is 4.31 Å². The van der Waals surface area contributed by atoms with Crippen LogP contribution in [0, 0.1) is 6.92 Å². The molecule has 104 valence electrons. The summed E-state index contributed by atoms with van der Waals surface area (Å²) in [7, 11) is -4.00. The third-order valence-electron chi connectivity index (χ3n) is 3.18. The average molecular weight is 285 g/mol. The predicted molar refractivity (Wildman–Crippen MR) is 66.9 cm³/mol. The minimum atomic E-state index is -4.00. The lowest BCUT2D eigenvalue weighted by atomic mass is 10.2. The molecule has 2 atom stereocenters. The summed E-state index contributed by atoms with van der Waals surface area (Å²) in [6.45, 7) is 1.82. The topological polar surface area (TPSA) is 94.9 Å². The quantitative estimate of drug-likeness (QED) is 0.845. The van der Waals surface area contributed by atoms with Gasteiger partial charge in [-0.1, -0.05) is 17.7 Å². The third kappa shape index (κ3) is 2.49. The van der Waals surface area contributed by atoms with Crippen molar-refractivity contribution in [3.63, 3.8) is 0 Å². The van der Waals surface area contributed by atoms with Gasteiger partial charge in [0, 0.05) is 0 Å². The molecule has 1 heterocycles. The van der Waals surface area contributed by atoms with Gasteiger partial charge in [-0.3, -0.25) is 4.79 Å². The summed E-state index contributed by atoms with van der Waals surface area (Å²) in [6, 6.07) is 4.88. The molecule has 2 N–H and O–H groups in total. The Morgan fingerprint density at radius 1 is 1.26 bits per heavy atom. The van der Waals surface area contributed by atoms with Crippen LogP contribution >= 0.6 is 0 Å². The van der Waals surface area contributed by atoms with E-state index in [0.717, 1.165) is 5.56 Å². The second kappa shape index (κ2) is 4.92. The zero-order chi connectivity index (χ0) is 14.2. The smallest absolute Gasteiger partial charge is 0.322 e. The molecule has 19 heavy (non-hydrogen) atoms. The zero-order valence-corrected chi connectivity index (χ0v) is 11.2. The summed E-state index contributed by atoms with van der Waals surface area (Å²) >= 11 is 0. The maximum Gasteiger partial charge on any atom is 0.322 e. The molecule has 7 heteroatoms. The first-order valence-electron chi connectivity index (χ1n) is 5.85. The van der Waals surface area contributed by atoms with E-state index in [-0.39, 0.29) is 17.7 Å². The van der Waals surface area contributed by atoms with E-state index < -0.39 is 28.3 Å². The summed E-state index contributed by atoms with van der Waals surface area (Å²) < 4.78 is 25.4. The Bertz CT molecular complexity index is 581. The highest BCUT2D eigenvalue weighted by Gasteiger charge is 2.45. The first-order chi connectivity index (χ1) is 8.84. The van der Waals surface area contributed by atoms with Gasteiger partial charge in [-0.15, -0.1) is 0 Å². The molecular formula is C12H15NO5S. The van der Waals surface area contributed by atoms with Crippen molar-refractivity contribution >= 4 is 16.0 Å². The summed E-state index contributed by atoms with van der Waals surface area (Å²) in [5.41, 5.74) is 0.899. The lowest BCUT2D eigenvalue weighted by Gasteiger charge is -2.24. The van der Waals surface area contributed by atoms with E-state index in [9.17, 15) is 18.3 Å². The molecule has 0 spiro atoms. The van der Waals surface area contributed by atoms with E-state index in [1.807, 2.05) is 6.92 Å². The minimum absolute atomic E-state index is 0.00898. The summed E-state index contributed by atoms with van der Waals surface area (Å²) in [6.07, 6.45) is -1.05. The van der Waals surface area contributed by atoms with Crippen molar-refractivity contribution in [2.75, 3.05) is 0 Å². The van der Waals surface area contributed by atoms with Crippen LogP contribution in [0.1, 0.15) is 18.4 Å². The highest BCUT2D eigenvalue weighted by atomic mass is 32.2. The van der Waals surface area contributed by atoms with E-state index >= 15 is 0 Å². The van der Waals surface area contributed by atoms with Crippen molar-refractivity contribution < 1.29 is 23.4 Å². The maximum absolute atomic E-state index is 12.4. The van der Waals surface area contributed by atoms with Gasteiger partial charge in [0.1, 0.15) is 12.3 Å². The van der Waals surface area contributed by atoms with Crippen LogP contribution in [0.2, 0.25) is 0 Å². The fraction of sp³-hybridized carbons (Fsp3) is 0.417. The standard InChI is InChI=1S/C12H15NO5S/c1-8-2-4-9(5-3-8)19(17,18)13-10(12(15)16)6-7-11(13)14/h2-5,10-11,14H,6-7H2,1H3,(H,15,16). The Labute approximate surface area is 111 Å². The number of aryl methyl sites for hydroxylation is 1. The minimum Gasteiger partial charge on any atom is -0.480 e. The summed E-state index contributed by atoms with van der Waals surface area (Å²) in [4.78, 5) is 11.1. The van der Waals surface area contributed by atoms with Crippen molar-refractivity contribution in [2.24, 2.45) is 0 Å². The van der Waals surface area contributed by atoms with Gasteiger partial charge in [0.2, 0.25) is 10.0 Å². The lowest BCUT2D eigenvalue weighted by molar-refractivity contribution is -0.141. The molecule has 0 aromatic heterocycles. The number of hydrogen-bond donors (Lipinski definition) is 2. The van der Waals surface area contributed by atoms with Gasteiger partial charge in [0.25, 0.3) is 0 Å². The maximum atomic E-state index is 12.4. The van der Waals surface area contributed by atoms with Crippen molar-refractivity contribution in [2.45, 2.75) is 36.9 Å². The fourth-order valence-corrected chi connectivity index (χ4v) is 3.84. The van der Waals surface area contributed by atoms with Gasteiger partial charge in [0.15, 0.2) is 0 Å². The van der Waals surface area contributed by atoms with E-state index in [1.165, 1.54) is 12.1 Å². The van der Waals surface area contributed by atoms with Gasteiger partial charge < -0.3 is 10.2 Å². The zero-order valence-electron chi connectivity index (χ0n) is 10.4. The number of hydrogen-bond acceptors (Lipinski definition) is 4. The molecule has 1 aliphatic rings. The van der Waals surface area contributed by atoms with E-state index in [4.69, 9.17) is 5.11 Å². The van der Waals surface area contributed by atoms with Crippen LogP contribution < -0.4 is 0 Å². The van der Waals surface area contributed by atoms with Crippen molar-refractivity contribution in [3.05, 3.63) is 29.8 Å². The van der Waals surface area contributed by atoms with Crippen LogP contribution in [0.25, 0.3) is 0 Å². The molecule has 1 fully saturated rings. The molecule has 0 aliphatic carbocycles. The second-order valence-corrected chi connectivity index (χ2v) is 6.40. The van der Waals surface area contributed by atoms with Gasteiger partial charge >= 0.3 is 5.97 Å². The average Bonchev–Trinajstić information content (AvgIpc) is 2.72. The first kappa shape index (κ1) is 14.0. The number of carboxylic acid groups (broad SMARTS) is 1. The molecule has 2 unspecified atom stereocenters. The molecule has 0 bridgehead atoms. The largest absolute Gasteiger partial charge is 0.480 e. The van der Waals surface area contributed by atoms with Crippen LogP contribution in [0.3, 0.4) is 0 Å². The molecule has 1 aliphatic heterocycles. The van der Waals surface area contributed by atoms with Crippen LogP contribution in [0.15, 0.2) is 29.2 Å². The molecule has 0 amide bonds. The molecule has 2 rings (SSSR count). The Kier molecular flexibility index (Phi) is 3.62. The number of aliphatic carboxylic acids is 1. The molecule has 1 aromatic carbocycles. The number of carbonyl (C=O) groups is 1. The summed E-state index contributed by atoms with van der Waals surface area (Å²) in [5.74, 6) is -1.24. The molecule has 1 saturated heterocycles. The molecule has 1 aromatic rings. The number of aliphatic hydroxyl groups is 1. The normalized spacial score (nSPS) is 24.5. The van der Waals surface area contributed by atoms with E-state index in [0.29, 0.717) is 4.31 Å². The monoisotopic (exact) mass is 285 g/mol. The first-order valence-corrected chi connectivity index (χ1v) is 7.29. The van der Waals surface area contributed by atoms with Crippen LogP contribution in [-0.4, -0.2) is 41.2 Å². The van der Waals surface area contributed by atoms with E-state index in [1.54, 1.807) is 12.1 Å². The predicted octanol–water partition coefficient (Wildman–Crippen LogP) is 0.551. The van der Waals surface area contributed by atoms with Crippen molar-refractivity contribution in [3.8, 4) is 0 Å². The SMILES string of the molecule is Cc1ccc(S(=O)(=O)N2C(O)CCC2C(=O)O)cc1. The molecule has 6 nitrogen and oxygen atoms in total. The third-order valence-corrected chi connectivity index (χ3v) is 5.10. The number of carboxylic acids is 1. The van der Waals surface area contributed by atoms with Gasteiger partial charge in [-0.05, 0) is 31.9 Å². The Balaban J connectivity index is 2.43. The van der Waals surface area contributed by atoms with Gasteiger partial charge in [-0.2, -0.15) is 4.31 Å². The number of aliphatic hydroxyl groups excluding tert-OH is 1. The number of benzene rings is 1. The Hall–Kier alpha value is -1.44. The Morgan fingerprint density at radius 3 is 2.37 bits per heavy atom. The Morgan fingerprint density at radius 2 is 1.84 bits per heavy atom. The lowest BCUT2D eigenvalue weighted by Crippen LogP contribution is -2.44. The van der Waals surface area contributed by atoms with Gasteiger partial charge in [0.05, 0.1) is 4.90 Å². The van der Waals surface area contributed by atoms with Crippen LogP contribution in [0.5, 0.6) is 0 Å².